The number of nitrogens with zero attached hydrogens (tertiary/aromatic N) is 2. The molecule has 4 nitrogen and oxygen atoms in total. The van der Waals surface area contributed by atoms with Crippen molar-refractivity contribution < 1.29 is 4.52 Å². The molecule has 1 heterocycles. The lowest BCUT2D eigenvalue weighted by atomic mass is 9.78. The van der Waals surface area contributed by atoms with Gasteiger partial charge >= 0.3 is 0 Å². The second-order valence-electron chi connectivity index (χ2n) is 5.63. The number of hydrogen-bond acceptors (Lipinski definition) is 4. The highest BCUT2D eigenvalue weighted by atomic mass is 16.5. The summed E-state index contributed by atoms with van der Waals surface area (Å²) in [6.45, 7) is 0. The van der Waals surface area contributed by atoms with Gasteiger partial charge in [0.1, 0.15) is 0 Å². The summed E-state index contributed by atoms with van der Waals surface area (Å²) in [5.41, 5.74) is 7.07. The summed E-state index contributed by atoms with van der Waals surface area (Å²) in [6, 6.07) is 10.0. The van der Waals surface area contributed by atoms with Crippen molar-refractivity contribution in [1.82, 2.24) is 10.1 Å². The largest absolute Gasteiger partial charge is 0.338 e. The second kappa shape index (κ2) is 5.71. The van der Waals surface area contributed by atoms with E-state index in [9.17, 15) is 0 Å². The fraction of sp³-hybridized carbons (Fsp3) is 0.412. The Morgan fingerprint density at radius 3 is 2.67 bits per heavy atom. The van der Waals surface area contributed by atoms with E-state index in [2.05, 4.69) is 40.3 Å². The fourth-order valence-electron chi connectivity index (χ4n) is 3.17. The Morgan fingerprint density at radius 2 is 2.00 bits per heavy atom. The van der Waals surface area contributed by atoms with E-state index in [1.165, 1.54) is 18.4 Å². The highest BCUT2D eigenvalue weighted by molar-refractivity contribution is 5.33. The number of hydrogen-bond donors (Lipinski definition) is 1. The van der Waals surface area contributed by atoms with Crippen LogP contribution in [-0.4, -0.2) is 10.1 Å². The van der Waals surface area contributed by atoms with Crippen LogP contribution in [0.25, 0.3) is 0 Å². The predicted molar refractivity (Wildman–Crippen MR) is 80.4 cm³/mol. The molecule has 1 aliphatic rings. The van der Waals surface area contributed by atoms with Gasteiger partial charge in [-0.05, 0) is 18.4 Å². The van der Waals surface area contributed by atoms with Gasteiger partial charge in [0, 0.05) is 6.42 Å². The van der Waals surface area contributed by atoms with Crippen molar-refractivity contribution in [1.29, 1.82) is 0 Å². The molecule has 2 aromatic rings. The molecule has 108 valence electrons. The Kier molecular flexibility index (Phi) is 3.76. The lowest BCUT2D eigenvalue weighted by Crippen LogP contribution is -2.25. The molecule has 0 spiro atoms. The Hall–Kier alpha value is -2.12. The van der Waals surface area contributed by atoms with E-state index < -0.39 is 0 Å². The van der Waals surface area contributed by atoms with Crippen molar-refractivity contribution in [2.75, 3.05) is 0 Å². The van der Waals surface area contributed by atoms with Crippen molar-refractivity contribution in [2.24, 2.45) is 5.73 Å². The molecule has 0 amide bonds. The average Bonchev–Trinajstić information content (AvgIpc) is 3.18. The van der Waals surface area contributed by atoms with Crippen molar-refractivity contribution in [2.45, 2.75) is 43.6 Å². The predicted octanol–water partition coefficient (Wildman–Crippen LogP) is 2.95. The minimum absolute atomic E-state index is 0.140. The maximum Gasteiger partial charge on any atom is 0.244 e. The molecule has 0 bridgehead atoms. The Bertz CT molecular complexity index is 636. The first-order chi connectivity index (χ1) is 10.3. The first-order valence-electron chi connectivity index (χ1n) is 7.35. The summed E-state index contributed by atoms with van der Waals surface area (Å²) < 4.78 is 5.36. The Labute approximate surface area is 124 Å². The third kappa shape index (κ3) is 2.45. The molecule has 0 radical (unpaired) electrons. The van der Waals surface area contributed by atoms with Gasteiger partial charge in [-0.1, -0.05) is 48.3 Å². The van der Waals surface area contributed by atoms with E-state index >= 15 is 0 Å². The van der Waals surface area contributed by atoms with Crippen LogP contribution in [0.3, 0.4) is 0 Å². The van der Waals surface area contributed by atoms with Gasteiger partial charge in [0.25, 0.3) is 0 Å². The van der Waals surface area contributed by atoms with Gasteiger partial charge in [-0.25, -0.2) is 0 Å². The summed E-state index contributed by atoms with van der Waals surface area (Å²) in [4.78, 5) is 4.56. The molecule has 4 heteroatoms. The summed E-state index contributed by atoms with van der Waals surface area (Å²) in [5.74, 6) is 3.71. The maximum atomic E-state index is 5.96. The van der Waals surface area contributed by atoms with Gasteiger partial charge in [0.2, 0.25) is 5.89 Å². The fourth-order valence-corrected chi connectivity index (χ4v) is 3.17. The van der Waals surface area contributed by atoms with Crippen LogP contribution in [0.15, 0.2) is 34.9 Å². The zero-order valence-electron chi connectivity index (χ0n) is 12.0. The third-order valence-corrected chi connectivity index (χ3v) is 4.31. The molecular formula is C17H19N3O. The molecule has 1 aliphatic carbocycles. The SMILES string of the molecule is C#CCC(N)c1nc(C2(c3ccccc3)CCCC2)no1. The molecule has 1 aromatic heterocycles. The maximum absolute atomic E-state index is 5.96. The summed E-state index contributed by atoms with van der Waals surface area (Å²) in [7, 11) is 0. The first-order valence-corrected chi connectivity index (χ1v) is 7.35. The lowest BCUT2D eigenvalue weighted by molar-refractivity contribution is 0.343. The molecule has 1 unspecified atom stereocenters. The topological polar surface area (TPSA) is 64.9 Å². The van der Waals surface area contributed by atoms with Crippen LogP contribution in [0.5, 0.6) is 0 Å². The van der Waals surface area contributed by atoms with Gasteiger partial charge in [-0.2, -0.15) is 4.98 Å². The van der Waals surface area contributed by atoms with Crippen molar-refractivity contribution >= 4 is 0 Å². The van der Waals surface area contributed by atoms with E-state index in [0.29, 0.717) is 12.3 Å². The molecule has 1 fully saturated rings. The Balaban J connectivity index is 1.98. The second-order valence-corrected chi connectivity index (χ2v) is 5.63. The van der Waals surface area contributed by atoms with Gasteiger partial charge in [0.15, 0.2) is 5.82 Å². The van der Waals surface area contributed by atoms with Crippen LogP contribution in [0.1, 0.15) is 55.4 Å². The molecule has 0 saturated heterocycles. The summed E-state index contributed by atoms with van der Waals surface area (Å²) >= 11 is 0. The quantitative estimate of drug-likeness (QED) is 0.875. The Morgan fingerprint density at radius 1 is 1.29 bits per heavy atom. The van der Waals surface area contributed by atoms with E-state index in [1.807, 2.05) is 6.07 Å². The normalized spacial score (nSPS) is 18.3. The smallest absolute Gasteiger partial charge is 0.244 e. The van der Waals surface area contributed by atoms with E-state index in [4.69, 9.17) is 16.7 Å². The monoisotopic (exact) mass is 281 g/mol. The molecule has 2 N–H and O–H groups in total. The van der Waals surface area contributed by atoms with Gasteiger partial charge in [-0.3, -0.25) is 0 Å². The number of benzene rings is 1. The van der Waals surface area contributed by atoms with Crippen LogP contribution in [0.2, 0.25) is 0 Å². The van der Waals surface area contributed by atoms with Gasteiger partial charge in [-0.15, -0.1) is 12.3 Å². The number of rotatable bonds is 4. The van der Waals surface area contributed by atoms with Crippen molar-refractivity contribution in [3.63, 3.8) is 0 Å². The van der Waals surface area contributed by atoms with E-state index in [0.717, 1.165) is 18.7 Å². The number of aromatic nitrogens is 2. The molecular weight excluding hydrogens is 262 g/mol. The van der Waals surface area contributed by atoms with Crippen LogP contribution >= 0.6 is 0 Å². The number of terminal acetylenes is 1. The zero-order valence-corrected chi connectivity index (χ0v) is 12.0. The van der Waals surface area contributed by atoms with Crippen LogP contribution in [-0.2, 0) is 5.41 Å². The van der Waals surface area contributed by atoms with Gasteiger partial charge in [0.05, 0.1) is 11.5 Å². The van der Waals surface area contributed by atoms with E-state index in [-0.39, 0.29) is 11.5 Å². The van der Waals surface area contributed by atoms with Crippen LogP contribution < -0.4 is 5.73 Å². The van der Waals surface area contributed by atoms with Crippen LogP contribution in [0, 0.1) is 12.3 Å². The standard InChI is InChI=1S/C17H19N3O/c1-2-8-14(18)15-19-16(20-21-15)17(11-6-7-12-17)13-9-4-3-5-10-13/h1,3-5,9-10,14H,6-8,11-12,18H2. The van der Waals surface area contributed by atoms with Crippen LogP contribution in [0.4, 0.5) is 0 Å². The lowest BCUT2D eigenvalue weighted by Gasteiger charge is -2.25. The molecule has 21 heavy (non-hydrogen) atoms. The average molecular weight is 281 g/mol. The molecule has 1 aromatic carbocycles. The molecule has 1 saturated carbocycles. The summed E-state index contributed by atoms with van der Waals surface area (Å²) in [5, 5.41) is 4.22. The minimum Gasteiger partial charge on any atom is -0.338 e. The van der Waals surface area contributed by atoms with Gasteiger partial charge < -0.3 is 10.3 Å². The zero-order chi connectivity index (χ0) is 14.7. The van der Waals surface area contributed by atoms with E-state index in [1.54, 1.807) is 0 Å². The van der Waals surface area contributed by atoms with Crippen molar-refractivity contribution in [3.8, 4) is 12.3 Å². The first kappa shape index (κ1) is 13.8. The minimum atomic E-state index is -0.384. The summed E-state index contributed by atoms with van der Waals surface area (Å²) in [6.07, 6.45) is 10.1. The third-order valence-electron chi connectivity index (χ3n) is 4.31. The number of nitrogens with two attached hydrogens (primary N) is 1. The highest BCUT2D eigenvalue weighted by Gasteiger charge is 2.41. The molecule has 0 aliphatic heterocycles. The van der Waals surface area contributed by atoms with Crippen molar-refractivity contribution in [3.05, 3.63) is 47.6 Å². The molecule has 1 atom stereocenters. The highest BCUT2D eigenvalue weighted by Crippen LogP contribution is 2.45. The molecule has 3 rings (SSSR count).